The Morgan fingerprint density at radius 2 is 1.64 bits per heavy atom. The van der Waals surface area contributed by atoms with Gasteiger partial charge in [0.1, 0.15) is 6.73 Å². The molecular weight excluding hydrogens is 476 g/mol. The number of aromatic nitrogens is 2. The lowest BCUT2D eigenvalue weighted by atomic mass is 9.94. The number of aryl methyl sites for hydroxylation is 2. The lowest BCUT2D eigenvalue weighted by Crippen LogP contribution is -2.41. The van der Waals surface area contributed by atoms with Crippen molar-refractivity contribution in [2.75, 3.05) is 13.2 Å². The number of H-pyrrole nitrogens is 1. The van der Waals surface area contributed by atoms with Gasteiger partial charge in [-0.2, -0.15) is 0 Å². The zero-order chi connectivity index (χ0) is 27.4. The maximum Gasteiger partial charge on any atom is 0.330 e. The number of nitrogens with zero attached hydrogens (tertiary/aromatic N) is 1. The van der Waals surface area contributed by atoms with E-state index >= 15 is 0 Å². The average Bonchev–Trinajstić information content (AvgIpc) is 2.70. The van der Waals surface area contributed by atoms with Gasteiger partial charge in [-0.05, 0) is 43.5 Å². The molecule has 2 rings (SSSR count). The van der Waals surface area contributed by atoms with E-state index in [0.717, 1.165) is 11.1 Å². The quantitative estimate of drug-likeness (QED) is 0.272. The van der Waals surface area contributed by atoms with Crippen molar-refractivity contribution in [3.63, 3.8) is 0 Å². The molecule has 1 aromatic carbocycles. The molecule has 1 atom stereocenters. The van der Waals surface area contributed by atoms with E-state index in [-0.39, 0.29) is 24.3 Å². The van der Waals surface area contributed by atoms with Crippen LogP contribution < -0.4 is 11.2 Å². The summed E-state index contributed by atoms with van der Waals surface area (Å²) in [6, 6.07) is 5.80. The Bertz CT molecular complexity index is 1170. The molecule has 1 N–H and O–H groups in total. The van der Waals surface area contributed by atoms with Crippen LogP contribution in [-0.4, -0.2) is 37.1 Å². The van der Waals surface area contributed by atoms with Crippen LogP contribution in [-0.2, 0) is 25.4 Å². The summed E-state index contributed by atoms with van der Waals surface area (Å²) < 4.78 is 19.1. The average molecular weight is 519 g/mol. The van der Waals surface area contributed by atoms with Gasteiger partial charge in [0.25, 0.3) is 5.56 Å². The summed E-state index contributed by atoms with van der Waals surface area (Å²) >= 11 is 0. The first-order valence-electron chi connectivity index (χ1n) is 12.4. The Morgan fingerprint density at radius 1 is 1.06 bits per heavy atom. The smallest absolute Gasteiger partial charge is 0.330 e. The van der Waals surface area contributed by atoms with Crippen LogP contribution in [0.25, 0.3) is 0 Å². The van der Waals surface area contributed by atoms with Crippen molar-refractivity contribution >= 4 is 14.3 Å². The number of esters is 1. The van der Waals surface area contributed by atoms with Gasteiger partial charge in [0, 0.05) is 12.5 Å². The standard InChI is InChI=1S/C27H42N2O6Si/c1-17(2)22-23(24(35-20(5)30)21-14-18(3)13-19(4)15-21)29(26(32)28-25(22)31)16-33-11-12-34-36(9,10)27(6,7)8/h13-15,17,24H,11-12,16H2,1-10H3,(H,28,31,32). The molecule has 8 nitrogen and oxygen atoms in total. The molecule has 36 heavy (non-hydrogen) atoms. The molecule has 200 valence electrons. The molecule has 0 fully saturated rings. The van der Waals surface area contributed by atoms with Crippen LogP contribution in [0.15, 0.2) is 27.8 Å². The molecule has 0 saturated heterocycles. The van der Waals surface area contributed by atoms with Gasteiger partial charge >= 0.3 is 11.7 Å². The maximum absolute atomic E-state index is 13.0. The van der Waals surface area contributed by atoms with Crippen LogP contribution in [0.5, 0.6) is 0 Å². The second kappa shape index (κ2) is 11.7. The van der Waals surface area contributed by atoms with Crippen LogP contribution in [0.3, 0.4) is 0 Å². The third-order valence-corrected chi connectivity index (χ3v) is 11.2. The SMILES string of the molecule is CC(=O)OC(c1cc(C)cc(C)c1)c1c(C(C)C)c(=O)[nH]c(=O)n1COCCO[Si](C)(C)C(C)(C)C. The minimum Gasteiger partial charge on any atom is -0.451 e. The molecule has 0 radical (unpaired) electrons. The molecule has 0 bridgehead atoms. The van der Waals surface area contributed by atoms with E-state index in [9.17, 15) is 14.4 Å². The highest BCUT2D eigenvalue weighted by molar-refractivity contribution is 6.74. The summed E-state index contributed by atoms with van der Waals surface area (Å²) in [5.41, 5.74) is 2.22. The molecule has 1 unspecified atom stereocenters. The Hall–Kier alpha value is -2.49. The van der Waals surface area contributed by atoms with Crippen LogP contribution in [0, 0.1) is 13.8 Å². The maximum atomic E-state index is 13.0. The van der Waals surface area contributed by atoms with Crippen LogP contribution in [0.4, 0.5) is 0 Å². The minimum absolute atomic E-state index is 0.0748. The Balaban J connectivity index is 2.51. The van der Waals surface area contributed by atoms with Gasteiger partial charge in [-0.1, -0.05) is 63.9 Å². The van der Waals surface area contributed by atoms with Crippen molar-refractivity contribution in [1.82, 2.24) is 9.55 Å². The van der Waals surface area contributed by atoms with E-state index in [1.54, 1.807) is 0 Å². The Labute approximate surface area is 215 Å². The number of nitrogens with one attached hydrogen (secondary N) is 1. The first-order valence-corrected chi connectivity index (χ1v) is 15.3. The molecule has 0 spiro atoms. The second-order valence-corrected chi connectivity index (χ2v) is 16.0. The zero-order valence-electron chi connectivity index (χ0n) is 23.4. The van der Waals surface area contributed by atoms with Crippen molar-refractivity contribution in [3.05, 3.63) is 67.0 Å². The van der Waals surface area contributed by atoms with Gasteiger partial charge in [0.2, 0.25) is 0 Å². The fourth-order valence-electron chi connectivity index (χ4n) is 3.91. The van der Waals surface area contributed by atoms with E-state index in [0.29, 0.717) is 23.4 Å². The number of benzene rings is 1. The number of rotatable bonds is 10. The fourth-order valence-corrected chi connectivity index (χ4v) is 4.94. The molecular formula is C27H42N2O6Si. The number of aromatic amines is 1. The lowest BCUT2D eigenvalue weighted by Gasteiger charge is -2.36. The summed E-state index contributed by atoms with van der Waals surface area (Å²) in [6.45, 7) is 20.3. The summed E-state index contributed by atoms with van der Waals surface area (Å²) in [4.78, 5) is 40.5. The Morgan fingerprint density at radius 3 is 2.14 bits per heavy atom. The van der Waals surface area contributed by atoms with Crippen molar-refractivity contribution < 1.29 is 18.7 Å². The number of hydrogen-bond donors (Lipinski definition) is 1. The Kier molecular flexibility index (Phi) is 9.67. The van der Waals surface area contributed by atoms with Crippen molar-refractivity contribution in [3.8, 4) is 0 Å². The van der Waals surface area contributed by atoms with Gasteiger partial charge in [0.15, 0.2) is 14.4 Å². The topological polar surface area (TPSA) is 99.6 Å². The lowest BCUT2D eigenvalue weighted by molar-refractivity contribution is -0.145. The molecule has 1 heterocycles. The van der Waals surface area contributed by atoms with E-state index in [1.165, 1.54) is 11.5 Å². The minimum atomic E-state index is -1.93. The molecule has 2 aromatic rings. The highest BCUT2D eigenvalue weighted by Gasteiger charge is 2.37. The molecule has 0 aliphatic rings. The monoisotopic (exact) mass is 518 g/mol. The number of carbonyl (C=O) groups is 1. The normalized spacial score (nSPS) is 13.2. The second-order valence-electron chi connectivity index (χ2n) is 11.2. The first-order chi connectivity index (χ1) is 16.5. The summed E-state index contributed by atoms with van der Waals surface area (Å²) in [5, 5.41) is 0.0748. The molecule has 9 heteroatoms. The van der Waals surface area contributed by atoms with Gasteiger partial charge in [0.05, 0.1) is 18.9 Å². The van der Waals surface area contributed by atoms with E-state index in [4.69, 9.17) is 13.9 Å². The van der Waals surface area contributed by atoms with Crippen molar-refractivity contribution in [2.45, 2.75) is 92.3 Å². The molecule has 0 aliphatic heterocycles. The molecule has 0 amide bonds. The van der Waals surface area contributed by atoms with Crippen LogP contribution in [0.1, 0.15) is 81.5 Å². The highest BCUT2D eigenvalue weighted by atomic mass is 28.4. The van der Waals surface area contributed by atoms with Gasteiger partial charge < -0.3 is 13.9 Å². The van der Waals surface area contributed by atoms with E-state index in [1.807, 2.05) is 45.9 Å². The predicted molar refractivity (Wildman–Crippen MR) is 144 cm³/mol. The van der Waals surface area contributed by atoms with Gasteiger partial charge in [-0.25, -0.2) is 4.79 Å². The third kappa shape index (κ3) is 7.27. The number of carbonyl (C=O) groups excluding carboxylic acids is 1. The highest BCUT2D eigenvalue weighted by Crippen LogP contribution is 2.36. The van der Waals surface area contributed by atoms with Crippen molar-refractivity contribution in [2.24, 2.45) is 0 Å². The summed E-state index contributed by atoms with van der Waals surface area (Å²) in [7, 11) is -1.93. The van der Waals surface area contributed by atoms with E-state index in [2.05, 4.69) is 38.8 Å². The van der Waals surface area contributed by atoms with Gasteiger partial charge in [-0.3, -0.25) is 19.1 Å². The van der Waals surface area contributed by atoms with Gasteiger partial charge in [-0.15, -0.1) is 0 Å². The predicted octanol–water partition coefficient (Wildman–Crippen LogP) is 4.93. The molecule has 0 aliphatic carbocycles. The molecule has 1 aromatic heterocycles. The van der Waals surface area contributed by atoms with E-state index < -0.39 is 31.6 Å². The van der Waals surface area contributed by atoms with Crippen molar-refractivity contribution in [1.29, 1.82) is 0 Å². The number of hydrogen-bond acceptors (Lipinski definition) is 6. The zero-order valence-corrected chi connectivity index (χ0v) is 24.4. The first kappa shape index (κ1) is 29.7. The number of ether oxygens (including phenoxy) is 2. The van der Waals surface area contributed by atoms with Crippen LogP contribution >= 0.6 is 0 Å². The summed E-state index contributed by atoms with van der Waals surface area (Å²) in [5.74, 6) is -0.752. The largest absolute Gasteiger partial charge is 0.451 e. The summed E-state index contributed by atoms with van der Waals surface area (Å²) in [6.07, 6.45) is -0.944. The van der Waals surface area contributed by atoms with Crippen LogP contribution in [0.2, 0.25) is 18.1 Å². The fraction of sp³-hybridized carbons (Fsp3) is 0.593. The molecule has 0 saturated carbocycles. The third-order valence-electron chi connectivity index (χ3n) is 6.65.